The maximum Gasteiger partial charge on any atom is 0.216 e. The number of aliphatic imine (C=N–C) groups is 1. The number of hydrogen-bond donors (Lipinski definition) is 2. The lowest BCUT2D eigenvalue weighted by Gasteiger charge is -2.20. The van der Waals surface area contributed by atoms with Crippen LogP contribution >= 0.6 is 24.0 Å². The third kappa shape index (κ3) is 7.78. The predicted molar refractivity (Wildman–Crippen MR) is 123 cm³/mol. The van der Waals surface area contributed by atoms with Crippen LogP contribution in [-0.4, -0.2) is 37.6 Å². The minimum atomic E-state index is -0.0419. The van der Waals surface area contributed by atoms with E-state index in [1.165, 1.54) is 5.69 Å². The molecule has 150 valence electrons. The number of anilines is 1. The molecule has 27 heavy (non-hydrogen) atoms. The number of aromatic nitrogens is 1. The zero-order valence-corrected chi connectivity index (χ0v) is 19.3. The van der Waals surface area contributed by atoms with Gasteiger partial charge in [0.05, 0.1) is 6.20 Å². The number of para-hydroxylation sites is 1. The third-order valence-electron chi connectivity index (χ3n) is 3.95. The normalized spacial score (nSPS) is 11.7. The van der Waals surface area contributed by atoms with Crippen LogP contribution in [0.2, 0.25) is 0 Å². The van der Waals surface area contributed by atoms with Gasteiger partial charge in [0, 0.05) is 37.8 Å². The number of nitrogens with zero attached hydrogens (tertiary/aromatic N) is 3. The van der Waals surface area contributed by atoms with E-state index in [1.54, 1.807) is 6.20 Å². The minimum Gasteiger partial charge on any atom is -0.443 e. The maximum atomic E-state index is 5.80. The Bertz CT molecular complexity index is 694. The number of likely N-dealkylation sites (N-methyl/N-ethyl adjacent to an activating group) is 1. The molecule has 7 heteroatoms. The molecular formula is C20H32IN5O. The van der Waals surface area contributed by atoms with Crippen molar-refractivity contribution in [2.45, 2.75) is 39.7 Å². The quantitative estimate of drug-likeness (QED) is 0.355. The van der Waals surface area contributed by atoms with Crippen LogP contribution in [0.3, 0.4) is 0 Å². The largest absolute Gasteiger partial charge is 0.443 e. The van der Waals surface area contributed by atoms with E-state index in [9.17, 15) is 0 Å². The van der Waals surface area contributed by atoms with E-state index in [2.05, 4.69) is 72.4 Å². The number of benzene rings is 1. The van der Waals surface area contributed by atoms with Gasteiger partial charge in [-0.05, 0) is 19.1 Å². The van der Waals surface area contributed by atoms with Gasteiger partial charge < -0.3 is 20.0 Å². The molecule has 0 aliphatic carbocycles. The molecule has 0 unspecified atom stereocenters. The number of halogens is 1. The molecule has 0 aliphatic heterocycles. The third-order valence-corrected chi connectivity index (χ3v) is 3.95. The van der Waals surface area contributed by atoms with Crippen LogP contribution in [0.5, 0.6) is 0 Å². The fourth-order valence-corrected chi connectivity index (χ4v) is 2.37. The van der Waals surface area contributed by atoms with Gasteiger partial charge in [0.25, 0.3) is 0 Å². The molecule has 2 rings (SSSR count). The minimum absolute atomic E-state index is 0. The van der Waals surface area contributed by atoms with Gasteiger partial charge in [0.2, 0.25) is 5.89 Å². The highest BCUT2D eigenvalue weighted by Crippen LogP contribution is 2.22. The molecule has 0 saturated heterocycles. The molecule has 0 spiro atoms. The Kier molecular flexibility index (Phi) is 9.62. The van der Waals surface area contributed by atoms with E-state index in [1.807, 2.05) is 18.2 Å². The first-order valence-corrected chi connectivity index (χ1v) is 9.13. The second-order valence-corrected chi connectivity index (χ2v) is 7.25. The molecule has 0 bridgehead atoms. The molecule has 0 atom stereocenters. The van der Waals surface area contributed by atoms with E-state index in [4.69, 9.17) is 4.42 Å². The maximum absolute atomic E-state index is 5.80. The molecule has 0 fully saturated rings. The highest BCUT2D eigenvalue weighted by atomic mass is 127. The molecule has 1 heterocycles. The van der Waals surface area contributed by atoms with Crippen molar-refractivity contribution in [3.8, 4) is 0 Å². The lowest BCUT2D eigenvalue weighted by molar-refractivity contribution is 0.383. The van der Waals surface area contributed by atoms with Crippen LogP contribution in [0, 0.1) is 0 Å². The van der Waals surface area contributed by atoms with Crippen molar-refractivity contribution in [1.29, 1.82) is 0 Å². The topological polar surface area (TPSA) is 65.7 Å². The number of nitrogens with one attached hydrogen (secondary N) is 2. The second kappa shape index (κ2) is 11.2. The summed E-state index contributed by atoms with van der Waals surface area (Å²) < 4.78 is 5.80. The average Bonchev–Trinajstić information content (AvgIpc) is 3.10. The summed E-state index contributed by atoms with van der Waals surface area (Å²) in [5.74, 6) is 2.28. The molecule has 6 nitrogen and oxygen atoms in total. The van der Waals surface area contributed by atoms with Gasteiger partial charge in [-0.1, -0.05) is 39.0 Å². The molecule has 2 N–H and O–H groups in total. The monoisotopic (exact) mass is 485 g/mol. The van der Waals surface area contributed by atoms with Crippen molar-refractivity contribution < 1.29 is 4.42 Å². The van der Waals surface area contributed by atoms with Crippen molar-refractivity contribution in [2.24, 2.45) is 4.99 Å². The van der Waals surface area contributed by atoms with E-state index >= 15 is 0 Å². The van der Waals surface area contributed by atoms with Crippen LogP contribution in [0.15, 0.2) is 45.9 Å². The fourth-order valence-electron chi connectivity index (χ4n) is 2.37. The van der Waals surface area contributed by atoms with Crippen LogP contribution in [0.4, 0.5) is 5.69 Å². The predicted octanol–water partition coefficient (Wildman–Crippen LogP) is 3.78. The van der Waals surface area contributed by atoms with Gasteiger partial charge in [-0.25, -0.2) is 9.98 Å². The first-order valence-electron chi connectivity index (χ1n) is 9.13. The smallest absolute Gasteiger partial charge is 0.216 e. The van der Waals surface area contributed by atoms with Gasteiger partial charge in [0.15, 0.2) is 5.96 Å². The van der Waals surface area contributed by atoms with Crippen LogP contribution in [-0.2, 0) is 12.0 Å². The molecule has 1 aromatic carbocycles. The van der Waals surface area contributed by atoms with Crippen molar-refractivity contribution in [3.05, 3.63) is 48.2 Å². The summed E-state index contributed by atoms with van der Waals surface area (Å²) in [4.78, 5) is 11.1. The Balaban J connectivity index is 0.00000364. The standard InChI is InChI=1S/C20H31N5O.HI/c1-6-21-19(22-12-13-25(5)16-10-8-7-9-11-16)24-15-18-23-14-17(26-18)20(2,3)4;/h7-11,14H,6,12-13,15H2,1-5H3,(H2,21,22,24);1H. The molecule has 0 aliphatic rings. The van der Waals surface area contributed by atoms with Crippen LogP contribution in [0.25, 0.3) is 0 Å². The Labute approximate surface area is 179 Å². The first-order chi connectivity index (χ1) is 12.4. The Morgan fingerprint density at radius 3 is 2.48 bits per heavy atom. The molecule has 0 amide bonds. The van der Waals surface area contributed by atoms with Gasteiger partial charge in [0.1, 0.15) is 12.3 Å². The summed E-state index contributed by atoms with van der Waals surface area (Å²) in [6.07, 6.45) is 1.79. The Hall–Kier alpha value is -1.77. The number of hydrogen-bond acceptors (Lipinski definition) is 4. The lowest BCUT2D eigenvalue weighted by Crippen LogP contribution is -2.41. The fraction of sp³-hybridized carbons (Fsp3) is 0.500. The summed E-state index contributed by atoms with van der Waals surface area (Å²) in [7, 11) is 2.09. The Morgan fingerprint density at radius 1 is 1.19 bits per heavy atom. The van der Waals surface area contributed by atoms with Crippen LogP contribution < -0.4 is 15.5 Å². The van der Waals surface area contributed by atoms with Gasteiger partial charge in [-0.15, -0.1) is 24.0 Å². The van der Waals surface area contributed by atoms with Crippen molar-refractivity contribution in [3.63, 3.8) is 0 Å². The summed E-state index contributed by atoms with van der Waals surface area (Å²) in [5.41, 5.74) is 1.16. The molecule has 2 aromatic rings. The second-order valence-electron chi connectivity index (χ2n) is 7.25. The molecular weight excluding hydrogens is 453 g/mol. The average molecular weight is 485 g/mol. The van der Waals surface area contributed by atoms with Gasteiger partial charge in [-0.2, -0.15) is 0 Å². The number of guanidine groups is 1. The van der Waals surface area contributed by atoms with E-state index in [0.717, 1.165) is 31.4 Å². The summed E-state index contributed by atoms with van der Waals surface area (Å²) in [5, 5.41) is 6.61. The zero-order chi connectivity index (χ0) is 19.0. The lowest BCUT2D eigenvalue weighted by atomic mass is 9.94. The summed E-state index contributed by atoms with van der Waals surface area (Å²) in [6, 6.07) is 10.3. The van der Waals surface area contributed by atoms with Gasteiger partial charge in [-0.3, -0.25) is 0 Å². The molecule has 0 radical (unpaired) electrons. The molecule has 1 aromatic heterocycles. The SMILES string of the molecule is CCNC(=NCc1ncc(C(C)(C)C)o1)NCCN(C)c1ccccc1.I. The summed E-state index contributed by atoms with van der Waals surface area (Å²) >= 11 is 0. The Morgan fingerprint density at radius 2 is 1.89 bits per heavy atom. The highest BCUT2D eigenvalue weighted by molar-refractivity contribution is 14.0. The van der Waals surface area contributed by atoms with Gasteiger partial charge >= 0.3 is 0 Å². The van der Waals surface area contributed by atoms with Crippen LogP contribution in [0.1, 0.15) is 39.3 Å². The number of oxazole rings is 1. The van der Waals surface area contributed by atoms with E-state index in [-0.39, 0.29) is 29.4 Å². The van der Waals surface area contributed by atoms with Crippen molar-refractivity contribution in [1.82, 2.24) is 15.6 Å². The molecule has 0 saturated carbocycles. The van der Waals surface area contributed by atoms with Crippen molar-refractivity contribution in [2.75, 3.05) is 31.6 Å². The summed E-state index contributed by atoms with van der Waals surface area (Å²) in [6.45, 7) is 11.3. The number of rotatable bonds is 7. The highest BCUT2D eigenvalue weighted by Gasteiger charge is 2.19. The van der Waals surface area contributed by atoms with E-state index in [0.29, 0.717) is 12.4 Å². The van der Waals surface area contributed by atoms with Crippen molar-refractivity contribution >= 4 is 35.6 Å². The van der Waals surface area contributed by atoms with E-state index < -0.39 is 0 Å². The first kappa shape index (κ1) is 23.3. The zero-order valence-electron chi connectivity index (χ0n) is 17.0.